The van der Waals surface area contributed by atoms with E-state index in [4.69, 9.17) is 4.42 Å². The molecule has 0 saturated carbocycles. The molecule has 2 aromatic heterocycles. The molecule has 2 heterocycles. The van der Waals surface area contributed by atoms with E-state index in [0.29, 0.717) is 0 Å². The number of nitrogens with zero attached hydrogens (tertiary/aromatic N) is 2. The molecule has 0 saturated heterocycles. The van der Waals surface area contributed by atoms with E-state index in [9.17, 15) is 0 Å². The van der Waals surface area contributed by atoms with Crippen molar-refractivity contribution in [1.82, 2.24) is 4.57 Å². The minimum Gasteiger partial charge on any atom is -0.456 e. The van der Waals surface area contributed by atoms with Gasteiger partial charge in [0.15, 0.2) is 0 Å². The topological polar surface area (TPSA) is 21.3 Å². The maximum Gasteiger partial charge on any atom is 0.135 e. The molecule has 0 aliphatic heterocycles. The Morgan fingerprint density at radius 1 is 0.429 bits per heavy atom. The summed E-state index contributed by atoms with van der Waals surface area (Å²) < 4.78 is 8.69. The molecule has 10 rings (SSSR count). The first-order valence-corrected chi connectivity index (χ1v) is 16.7. The van der Waals surface area contributed by atoms with Crippen molar-refractivity contribution >= 4 is 71.6 Å². The van der Waals surface area contributed by atoms with E-state index >= 15 is 0 Å². The minimum atomic E-state index is 0.884. The quantitative estimate of drug-likeness (QED) is 0.190. The molecular weight excluding hydrogens is 597 g/mol. The fraction of sp³-hybridized carbons (Fsp3) is 0. The van der Waals surface area contributed by atoms with Crippen LogP contribution in [0.2, 0.25) is 0 Å². The zero-order valence-corrected chi connectivity index (χ0v) is 26.6. The lowest BCUT2D eigenvalue weighted by Crippen LogP contribution is -2.10. The highest BCUT2D eigenvalue weighted by atomic mass is 16.3. The number of para-hydroxylation sites is 2. The third-order valence-corrected chi connectivity index (χ3v) is 9.76. The number of hydrogen-bond donors (Lipinski definition) is 0. The predicted molar refractivity (Wildman–Crippen MR) is 206 cm³/mol. The SMILES string of the molecule is c1ccc(-c2ccc(N(c3ccc4oc5ccccc5c4c3)c3cccc4c3c3ccc5ccccc5c3n4-c3ccccc3)cc2)cc1. The van der Waals surface area contributed by atoms with Crippen molar-refractivity contribution in [3.63, 3.8) is 0 Å². The summed E-state index contributed by atoms with van der Waals surface area (Å²) in [7, 11) is 0. The third kappa shape index (κ3) is 4.37. The molecule has 230 valence electrons. The Morgan fingerprint density at radius 2 is 1.10 bits per heavy atom. The Morgan fingerprint density at radius 3 is 1.94 bits per heavy atom. The summed E-state index contributed by atoms with van der Waals surface area (Å²) in [6.07, 6.45) is 0. The Kier molecular flexibility index (Phi) is 6.18. The molecule has 0 radical (unpaired) electrons. The van der Waals surface area contributed by atoms with Crippen LogP contribution in [0.25, 0.3) is 71.3 Å². The van der Waals surface area contributed by atoms with Gasteiger partial charge in [-0.25, -0.2) is 0 Å². The van der Waals surface area contributed by atoms with E-state index in [0.717, 1.165) is 50.2 Å². The highest BCUT2D eigenvalue weighted by molar-refractivity contribution is 6.23. The van der Waals surface area contributed by atoms with E-state index < -0.39 is 0 Å². The molecule has 3 nitrogen and oxygen atoms in total. The van der Waals surface area contributed by atoms with E-state index in [1.807, 2.05) is 12.1 Å². The molecule has 8 aromatic carbocycles. The molecule has 0 aliphatic rings. The number of furan rings is 1. The average Bonchev–Trinajstić information content (AvgIpc) is 3.72. The summed E-state index contributed by atoms with van der Waals surface area (Å²) in [4.78, 5) is 2.41. The van der Waals surface area contributed by atoms with Crippen LogP contribution >= 0.6 is 0 Å². The van der Waals surface area contributed by atoms with Crippen molar-refractivity contribution in [2.45, 2.75) is 0 Å². The summed E-state index contributed by atoms with van der Waals surface area (Å²) in [5, 5.41) is 7.09. The van der Waals surface area contributed by atoms with Gasteiger partial charge in [0, 0.05) is 44.0 Å². The molecule has 49 heavy (non-hydrogen) atoms. The molecule has 0 N–H and O–H groups in total. The Labute approximate surface area is 283 Å². The van der Waals surface area contributed by atoms with Gasteiger partial charge in [-0.05, 0) is 77.2 Å². The maximum atomic E-state index is 6.26. The van der Waals surface area contributed by atoms with Gasteiger partial charge in [-0.1, -0.05) is 121 Å². The van der Waals surface area contributed by atoms with Gasteiger partial charge in [0.2, 0.25) is 0 Å². The summed E-state index contributed by atoms with van der Waals surface area (Å²) in [5.74, 6) is 0. The molecule has 0 aliphatic carbocycles. The van der Waals surface area contributed by atoms with Gasteiger partial charge in [-0.3, -0.25) is 0 Å². The Balaban J connectivity index is 1.29. The first-order valence-electron chi connectivity index (χ1n) is 16.7. The van der Waals surface area contributed by atoms with Crippen LogP contribution in [0.3, 0.4) is 0 Å². The zero-order chi connectivity index (χ0) is 32.3. The van der Waals surface area contributed by atoms with E-state index in [1.54, 1.807) is 0 Å². The first kappa shape index (κ1) is 27.5. The fourth-order valence-corrected chi connectivity index (χ4v) is 7.55. The summed E-state index contributed by atoms with van der Waals surface area (Å²) in [5.41, 5.74) is 11.0. The largest absolute Gasteiger partial charge is 0.456 e. The van der Waals surface area contributed by atoms with E-state index in [2.05, 4.69) is 179 Å². The van der Waals surface area contributed by atoms with Crippen molar-refractivity contribution in [3.05, 3.63) is 182 Å². The van der Waals surface area contributed by atoms with Gasteiger partial charge in [0.25, 0.3) is 0 Å². The van der Waals surface area contributed by atoms with E-state index in [-0.39, 0.29) is 0 Å². The maximum absolute atomic E-state index is 6.26. The van der Waals surface area contributed by atoms with Crippen LogP contribution in [0.4, 0.5) is 17.1 Å². The molecule has 0 unspecified atom stereocenters. The molecule has 10 aromatic rings. The van der Waals surface area contributed by atoms with Crippen LogP contribution in [0.15, 0.2) is 186 Å². The number of fused-ring (bicyclic) bond motifs is 8. The molecule has 0 fully saturated rings. The second kappa shape index (κ2) is 11.0. The van der Waals surface area contributed by atoms with Crippen LogP contribution in [-0.4, -0.2) is 4.57 Å². The molecule has 0 amide bonds. The second-order valence-electron chi connectivity index (χ2n) is 12.6. The third-order valence-electron chi connectivity index (χ3n) is 9.76. The predicted octanol–water partition coefficient (Wildman–Crippen LogP) is 13.0. The van der Waals surface area contributed by atoms with Gasteiger partial charge in [0.05, 0.1) is 16.7 Å². The van der Waals surface area contributed by atoms with Crippen LogP contribution in [-0.2, 0) is 0 Å². The Bertz CT molecular complexity index is 2810. The molecule has 0 spiro atoms. The van der Waals surface area contributed by atoms with Crippen LogP contribution < -0.4 is 4.90 Å². The lowest BCUT2D eigenvalue weighted by Gasteiger charge is -2.27. The lowest BCUT2D eigenvalue weighted by atomic mass is 10.0. The number of benzene rings is 8. The second-order valence-corrected chi connectivity index (χ2v) is 12.6. The fourth-order valence-electron chi connectivity index (χ4n) is 7.55. The first-order chi connectivity index (χ1) is 24.3. The molecule has 0 bridgehead atoms. The van der Waals surface area contributed by atoms with Crippen LogP contribution in [0, 0.1) is 0 Å². The average molecular weight is 627 g/mol. The highest BCUT2D eigenvalue weighted by Gasteiger charge is 2.23. The lowest BCUT2D eigenvalue weighted by molar-refractivity contribution is 0.669. The number of rotatable bonds is 5. The zero-order valence-electron chi connectivity index (χ0n) is 26.6. The van der Waals surface area contributed by atoms with Crippen molar-refractivity contribution in [1.29, 1.82) is 0 Å². The van der Waals surface area contributed by atoms with Crippen molar-refractivity contribution < 1.29 is 4.42 Å². The van der Waals surface area contributed by atoms with Gasteiger partial charge < -0.3 is 13.9 Å². The van der Waals surface area contributed by atoms with Crippen molar-refractivity contribution in [2.75, 3.05) is 4.90 Å². The molecule has 3 heteroatoms. The monoisotopic (exact) mass is 626 g/mol. The van der Waals surface area contributed by atoms with Crippen LogP contribution in [0.1, 0.15) is 0 Å². The van der Waals surface area contributed by atoms with Crippen molar-refractivity contribution in [2.24, 2.45) is 0 Å². The Hall–Kier alpha value is -6.58. The summed E-state index contributed by atoms with van der Waals surface area (Å²) >= 11 is 0. The number of aromatic nitrogens is 1. The van der Waals surface area contributed by atoms with Gasteiger partial charge in [-0.2, -0.15) is 0 Å². The van der Waals surface area contributed by atoms with Gasteiger partial charge in [-0.15, -0.1) is 0 Å². The summed E-state index contributed by atoms with van der Waals surface area (Å²) in [6.45, 7) is 0. The highest BCUT2D eigenvalue weighted by Crippen LogP contribution is 2.46. The summed E-state index contributed by atoms with van der Waals surface area (Å²) in [6, 6.07) is 65.0. The molecule has 0 atom stereocenters. The number of hydrogen-bond acceptors (Lipinski definition) is 2. The van der Waals surface area contributed by atoms with Crippen LogP contribution in [0.5, 0.6) is 0 Å². The van der Waals surface area contributed by atoms with E-state index in [1.165, 1.54) is 38.2 Å². The van der Waals surface area contributed by atoms with Gasteiger partial charge >= 0.3 is 0 Å². The standard InChI is InChI=1S/C46H30N2O/c1-3-12-31(13-4-1)32-22-25-35(26-23-32)47(36-27-29-44-40(30-36)38-18-9-10-21-43(38)49-44)41-19-11-20-42-45(41)39-28-24-33-14-7-8-17-37(33)46(39)48(42)34-15-5-2-6-16-34/h1-30H. The minimum absolute atomic E-state index is 0.884. The van der Waals surface area contributed by atoms with Gasteiger partial charge in [0.1, 0.15) is 11.2 Å². The van der Waals surface area contributed by atoms with Crippen molar-refractivity contribution in [3.8, 4) is 16.8 Å². The normalized spacial score (nSPS) is 11.7. The molecular formula is C46H30N2O. The smallest absolute Gasteiger partial charge is 0.135 e. The number of anilines is 3.